The fourth-order valence-corrected chi connectivity index (χ4v) is 4.17. The summed E-state index contributed by atoms with van der Waals surface area (Å²) in [5.41, 5.74) is 0. The van der Waals surface area contributed by atoms with Crippen LogP contribution in [-0.4, -0.2) is 47.3 Å². The van der Waals surface area contributed by atoms with Gasteiger partial charge in [0.15, 0.2) is 16.7 Å². The number of thioether (sulfide) groups is 1. The third kappa shape index (κ3) is 3.92. The molecule has 1 aliphatic heterocycles. The Balaban J connectivity index is 1.37. The third-order valence-electron chi connectivity index (χ3n) is 4.84. The van der Waals surface area contributed by atoms with Gasteiger partial charge in [-0.3, -0.25) is 4.57 Å². The van der Waals surface area contributed by atoms with E-state index in [-0.39, 0.29) is 0 Å². The Bertz CT molecular complexity index is 726. The van der Waals surface area contributed by atoms with Gasteiger partial charge >= 0.3 is 0 Å². The molecule has 6 nitrogen and oxygen atoms in total. The maximum atomic E-state index is 5.88. The highest BCUT2D eigenvalue weighted by atomic mass is 32.2. The van der Waals surface area contributed by atoms with Crippen molar-refractivity contribution in [1.29, 1.82) is 0 Å². The van der Waals surface area contributed by atoms with E-state index in [1.165, 1.54) is 32.1 Å². The van der Waals surface area contributed by atoms with E-state index in [0.717, 1.165) is 41.4 Å². The van der Waals surface area contributed by atoms with Gasteiger partial charge in [-0.1, -0.05) is 23.9 Å². The van der Waals surface area contributed by atoms with Gasteiger partial charge in [0.1, 0.15) is 0 Å². The topological polar surface area (TPSA) is 52.4 Å². The van der Waals surface area contributed by atoms with Gasteiger partial charge in [0, 0.05) is 24.9 Å². The SMILES string of the molecule is COc1ccccc1OCCSc1nnc(N2CCCCC2)n1C1CC1. The van der Waals surface area contributed by atoms with E-state index in [1.54, 1.807) is 18.9 Å². The van der Waals surface area contributed by atoms with Crippen molar-refractivity contribution >= 4 is 17.7 Å². The Morgan fingerprint density at radius 1 is 1.08 bits per heavy atom. The molecule has 7 heteroatoms. The molecule has 2 aliphatic rings. The van der Waals surface area contributed by atoms with Crippen molar-refractivity contribution in [3.05, 3.63) is 24.3 Å². The Labute approximate surface area is 158 Å². The average molecular weight is 375 g/mol. The molecule has 1 saturated heterocycles. The van der Waals surface area contributed by atoms with Crippen LogP contribution in [0.4, 0.5) is 5.95 Å². The standard InChI is InChI=1S/C19H26N4O2S/c1-24-16-7-3-4-8-17(16)25-13-14-26-19-21-20-18(23(19)15-9-10-15)22-11-5-2-6-12-22/h3-4,7-8,15H,2,5-6,9-14H2,1H3. The molecule has 4 rings (SSSR count). The van der Waals surface area contributed by atoms with Crippen LogP contribution in [0.25, 0.3) is 0 Å². The van der Waals surface area contributed by atoms with Crippen molar-refractivity contribution in [2.75, 3.05) is 37.5 Å². The second-order valence-corrected chi connectivity index (χ2v) is 7.84. The maximum Gasteiger partial charge on any atom is 0.228 e. The van der Waals surface area contributed by atoms with Crippen molar-refractivity contribution < 1.29 is 9.47 Å². The minimum atomic E-state index is 0.583. The number of hydrogen-bond donors (Lipinski definition) is 0. The summed E-state index contributed by atoms with van der Waals surface area (Å²) in [7, 11) is 1.66. The van der Waals surface area contributed by atoms with Crippen LogP contribution in [0.1, 0.15) is 38.1 Å². The Hall–Kier alpha value is -1.89. The van der Waals surface area contributed by atoms with Crippen LogP contribution >= 0.6 is 11.8 Å². The molecule has 0 unspecified atom stereocenters. The average Bonchev–Trinajstić information content (AvgIpc) is 3.45. The minimum absolute atomic E-state index is 0.583. The van der Waals surface area contributed by atoms with E-state index in [2.05, 4.69) is 19.7 Å². The molecular formula is C19H26N4O2S. The number of benzene rings is 1. The number of piperidine rings is 1. The van der Waals surface area contributed by atoms with Crippen LogP contribution in [0, 0.1) is 0 Å². The first kappa shape index (κ1) is 17.5. The zero-order valence-electron chi connectivity index (χ0n) is 15.3. The summed E-state index contributed by atoms with van der Waals surface area (Å²) in [6.45, 7) is 2.82. The molecule has 26 heavy (non-hydrogen) atoms. The summed E-state index contributed by atoms with van der Waals surface area (Å²) >= 11 is 1.73. The predicted octanol–water partition coefficient (Wildman–Crippen LogP) is 3.78. The summed E-state index contributed by atoms with van der Waals surface area (Å²) in [4.78, 5) is 2.41. The molecule has 0 bridgehead atoms. The molecule has 1 aliphatic carbocycles. The lowest BCUT2D eigenvalue weighted by molar-refractivity contribution is 0.313. The molecule has 140 valence electrons. The normalized spacial score (nSPS) is 17.3. The molecule has 2 fully saturated rings. The van der Waals surface area contributed by atoms with Crippen LogP contribution in [0.3, 0.4) is 0 Å². The van der Waals surface area contributed by atoms with Gasteiger partial charge in [-0.15, -0.1) is 10.2 Å². The maximum absolute atomic E-state index is 5.88. The van der Waals surface area contributed by atoms with Crippen molar-refractivity contribution in [3.8, 4) is 11.5 Å². The molecule has 2 aromatic rings. The Morgan fingerprint density at radius 3 is 2.58 bits per heavy atom. The molecule has 2 heterocycles. The number of hydrogen-bond acceptors (Lipinski definition) is 6. The number of ether oxygens (including phenoxy) is 2. The van der Waals surface area contributed by atoms with Crippen LogP contribution in [0.15, 0.2) is 29.4 Å². The van der Waals surface area contributed by atoms with Crippen LogP contribution in [0.2, 0.25) is 0 Å². The fourth-order valence-electron chi connectivity index (χ4n) is 3.35. The predicted molar refractivity (Wildman–Crippen MR) is 104 cm³/mol. The van der Waals surface area contributed by atoms with Crippen molar-refractivity contribution in [1.82, 2.24) is 14.8 Å². The lowest BCUT2D eigenvalue weighted by atomic mass is 10.1. The van der Waals surface area contributed by atoms with E-state index >= 15 is 0 Å². The molecule has 0 N–H and O–H groups in total. The van der Waals surface area contributed by atoms with Gasteiger partial charge in [0.05, 0.1) is 13.7 Å². The zero-order chi connectivity index (χ0) is 17.8. The van der Waals surface area contributed by atoms with Crippen molar-refractivity contribution in [3.63, 3.8) is 0 Å². The first-order chi connectivity index (χ1) is 12.9. The van der Waals surface area contributed by atoms with E-state index in [4.69, 9.17) is 9.47 Å². The lowest BCUT2D eigenvalue weighted by Crippen LogP contribution is -2.31. The quantitative estimate of drug-likeness (QED) is 0.518. The summed E-state index contributed by atoms with van der Waals surface area (Å²) in [5, 5.41) is 10.0. The van der Waals surface area contributed by atoms with Gasteiger partial charge in [-0.2, -0.15) is 0 Å². The van der Waals surface area contributed by atoms with Crippen LogP contribution in [0.5, 0.6) is 11.5 Å². The highest BCUT2D eigenvalue weighted by molar-refractivity contribution is 7.99. The summed E-state index contributed by atoms with van der Waals surface area (Å²) < 4.78 is 13.6. The molecule has 0 amide bonds. The molecular weight excluding hydrogens is 348 g/mol. The number of anilines is 1. The number of nitrogens with zero attached hydrogens (tertiary/aromatic N) is 4. The first-order valence-corrected chi connectivity index (χ1v) is 10.4. The molecule has 1 aromatic heterocycles. The zero-order valence-corrected chi connectivity index (χ0v) is 16.1. The smallest absolute Gasteiger partial charge is 0.228 e. The molecule has 1 aromatic carbocycles. The Kier molecular flexibility index (Phi) is 5.53. The second kappa shape index (κ2) is 8.20. The van der Waals surface area contributed by atoms with E-state index in [9.17, 15) is 0 Å². The van der Waals surface area contributed by atoms with E-state index in [1.807, 2.05) is 24.3 Å². The molecule has 0 spiro atoms. The third-order valence-corrected chi connectivity index (χ3v) is 5.75. The number of methoxy groups -OCH3 is 1. The minimum Gasteiger partial charge on any atom is -0.493 e. The van der Waals surface area contributed by atoms with Crippen LogP contribution in [-0.2, 0) is 0 Å². The number of aromatic nitrogens is 3. The van der Waals surface area contributed by atoms with Gasteiger partial charge < -0.3 is 14.4 Å². The summed E-state index contributed by atoms with van der Waals surface area (Å²) in [6.07, 6.45) is 6.32. The molecule has 0 atom stereocenters. The monoisotopic (exact) mass is 374 g/mol. The second-order valence-electron chi connectivity index (χ2n) is 6.78. The van der Waals surface area contributed by atoms with Crippen molar-refractivity contribution in [2.45, 2.75) is 43.3 Å². The van der Waals surface area contributed by atoms with Crippen molar-refractivity contribution in [2.24, 2.45) is 0 Å². The largest absolute Gasteiger partial charge is 0.493 e. The van der Waals surface area contributed by atoms with Gasteiger partial charge in [0.25, 0.3) is 0 Å². The molecule has 0 radical (unpaired) electrons. The number of rotatable bonds is 8. The fraction of sp³-hybridized carbons (Fsp3) is 0.579. The first-order valence-electron chi connectivity index (χ1n) is 9.45. The number of para-hydroxylation sites is 2. The lowest BCUT2D eigenvalue weighted by Gasteiger charge is -2.27. The van der Waals surface area contributed by atoms with Gasteiger partial charge in [0.2, 0.25) is 5.95 Å². The highest BCUT2D eigenvalue weighted by Gasteiger charge is 2.31. The highest BCUT2D eigenvalue weighted by Crippen LogP contribution is 2.41. The Morgan fingerprint density at radius 2 is 1.85 bits per heavy atom. The van der Waals surface area contributed by atoms with Gasteiger partial charge in [-0.25, -0.2) is 0 Å². The van der Waals surface area contributed by atoms with E-state index in [0.29, 0.717) is 12.6 Å². The van der Waals surface area contributed by atoms with E-state index < -0.39 is 0 Å². The summed E-state index contributed by atoms with van der Waals surface area (Å²) in [6, 6.07) is 8.33. The summed E-state index contributed by atoms with van der Waals surface area (Å²) in [5.74, 6) is 3.46. The molecule has 1 saturated carbocycles. The van der Waals surface area contributed by atoms with Gasteiger partial charge in [-0.05, 0) is 44.2 Å². The van der Waals surface area contributed by atoms with Crippen LogP contribution < -0.4 is 14.4 Å².